The number of carbonyl (C=O) groups excluding carboxylic acids is 1. The van der Waals surface area contributed by atoms with Crippen LogP contribution < -0.4 is 10.2 Å². The van der Waals surface area contributed by atoms with Crippen LogP contribution in [0.5, 0.6) is 0 Å². The van der Waals surface area contributed by atoms with E-state index in [0.717, 1.165) is 16.7 Å². The predicted octanol–water partition coefficient (Wildman–Crippen LogP) is 3.88. The minimum Gasteiger partial charge on any atom is -0.345 e. The van der Waals surface area contributed by atoms with Gasteiger partial charge in [0.2, 0.25) is 0 Å². The fourth-order valence-electron chi connectivity index (χ4n) is 2.02. The molecule has 0 unspecified atom stereocenters. The molecule has 3 aromatic rings. The fraction of sp³-hybridized carbons (Fsp3) is 0.0667. The Kier molecular flexibility index (Phi) is 3.50. The molecule has 21 heavy (non-hydrogen) atoms. The van der Waals surface area contributed by atoms with Crippen LogP contribution in [0, 0.1) is 0 Å². The van der Waals surface area contributed by atoms with Crippen LogP contribution in [0.2, 0.25) is 5.02 Å². The van der Waals surface area contributed by atoms with Gasteiger partial charge in [0.15, 0.2) is 0 Å². The van der Waals surface area contributed by atoms with Gasteiger partial charge in [-0.3, -0.25) is 4.90 Å². The van der Waals surface area contributed by atoms with E-state index < -0.39 is 0 Å². The first-order valence-electron chi connectivity index (χ1n) is 6.37. The minimum absolute atomic E-state index is 0.240. The first-order chi connectivity index (χ1) is 10.1. The molecule has 1 heterocycles. The van der Waals surface area contributed by atoms with Gasteiger partial charge in [-0.05, 0) is 36.4 Å². The van der Waals surface area contributed by atoms with Crippen molar-refractivity contribution in [3.63, 3.8) is 0 Å². The van der Waals surface area contributed by atoms with Crippen molar-refractivity contribution in [2.24, 2.45) is 0 Å². The zero-order valence-electron chi connectivity index (χ0n) is 11.3. The maximum atomic E-state index is 12.2. The smallest absolute Gasteiger partial charge is 0.326 e. The summed E-state index contributed by atoms with van der Waals surface area (Å²) in [6.07, 6.45) is 1.63. The molecule has 0 aliphatic heterocycles. The second-order valence-electron chi connectivity index (χ2n) is 4.60. The van der Waals surface area contributed by atoms with Crippen LogP contribution in [-0.4, -0.2) is 23.0 Å². The molecule has 5 nitrogen and oxygen atoms in total. The van der Waals surface area contributed by atoms with Crippen LogP contribution in [0.4, 0.5) is 16.2 Å². The first-order valence-corrected chi connectivity index (χ1v) is 6.75. The van der Waals surface area contributed by atoms with Crippen molar-refractivity contribution in [1.82, 2.24) is 9.97 Å². The summed E-state index contributed by atoms with van der Waals surface area (Å²) < 4.78 is 0. The topological polar surface area (TPSA) is 61.0 Å². The van der Waals surface area contributed by atoms with E-state index in [1.54, 1.807) is 37.6 Å². The number of urea groups is 1. The summed E-state index contributed by atoms with van der Waals surface area (Å²) >= 11 is 5.90. The fourth-order valence-corrected chi connectivity index (χ4v) is 2.21. The monoisotopic (exact) mass is 300 g/mol. The highest BCUT2D eigenvalue weighted by Crippen LogP contribution is 2.20. The highest BCUT2D eigenvalue weighted by Gasteiger charge is 2.12. The largest absolute Gasteiger partial charge is 0.345 e. The number of H-pyrrole nitrogens is 1. The van der Waals surface area contributed by atoms with Crippen molar-refractivity contribution >= 4 is 40.0 Å². The molecular weight excluding hydrogens is 288 g/mol. The Morgan fingerprint density at radius 3 is 2.95 bits per heavy atom. The molecule has 0 aliphatic rings. The number of amides is 2. The SMILES string of the molecule is CN(C(=O)Nc1cccc(Cl)c1)c1ccc2nc[nH]c2c1. The Balaban J connectivity index is 1.80. The van der Waals surface area contributed by atoms with Crippen LogP contribution >= 0.6 is 11.6 Å². The maximum absolute atomic E-state index is 12.2. The Labute approximate surface area is 126 Å². The van der Waals surface area contributed by atoms with Gasteiger partial charge in [0.05, 0.1) is 17.4 Å². The Morgan fingerprint density at radius 1 is 1.29 bits per heavy atom. The van der Waals surface area contributed by atoms with Gasteiger partial charge in [-0.15, -0.1) is 0 Å². The number of nitrogens with zero attached hydrogens (tertiary/aromatic N) is 2. The van der Waals surface area contributed by atoms with Crippen molar-refractivity contribution < 1.29 is 4.79 Å². The highest BCUT2D eigenvalue weighted by molar-refractivity contribution is 6.30. The van der Waals surface area contributed by atoms with E-state index in [0.29, 0.717) is 10.7 Å². The third-order valence-corrected chi connectivity index (χ3v) is 3.41. The lowest BCUT2D eigenvalue weighted by Crippen LogP contribution is -2.31. The van der Waals surface area contributed by atoms with Crippen molar-refractivity contribution in [2.75, 3.05) is 17.3 Å². The number of benzene rings is 2. The molecule has 2 N–H and O–H groups in total. The van der Waals surface area contributed by atoms with Gasteiger partial charge in [0.1, 0.15) is 0 Å². The number of aromatic amines is 1. The van der Waals surface area contributed by atoms with Crippen LogP contribution in [-0.2, 0) is 0 Å². The van der Waals surface area contributed by atoms with E-state index in [1.807, 2.05) is 18.2 Å². The number of imidazole rings is 1. The molecular formula is C15H13ClN4O. The molecule has 1 aromatic heterocycles. The molecule has 0 bridgehead atoms. The first kappa shape index (κ1) is 13.5. The van der Waals surface area contributed by atoms with Crippen molar-refractivity contribution in [2.45, 2.75) is 0 Å². The van der Waals surface area contributed by atoms with Gasteiger partial charge < -0.3 is 10.3 Å². The molecule has 0 saturated carbocycles. The Hall–Kier alpha value is -2.53. The van der Waals surface area contributed by atoms with Crippen LogP contribution in [0.3, 0.4) is 0 Å². The van der Waals surface area contributed by atoms with Crippen molar-refractivity contribution in [3.8, 4) is 0 Å². The minimum atomic E-state index is -0.240. The summed E-state index contributed by atoms with van der Waals surface area (Å²) in [5, 5.41) is 3.38. The number of fused-ring (bicyclic) bond motifs is 1. The van der Waals surface area contributed by atoms with Gasteiger partial charge >= 0.3 is 6.03 Å². The van der Waals surface area contributed by atoms with Gasteiger partial charge in [0, 0.05) is 23.4 Å². The molecule has 106 valence electrons. The molecule has 0 spiro atoms. The number of halogens is 1. The number of rotatable bonds is 2. The van der Waals surface area contributed by atoms with E-state index >= 15 is 0 Å². The molecule has 0 saturated heterocycles. The lowest BCUT2D eigenvalue weighted by atomic mass is 10.2. The second-order valence-corrected chi connectivity index (χ2v) is 5.04. The quantitative estimate of drug-likeness (QED) is 0.754. The molecule has 0 fully saturated rings. The number of hydrogen-bond acceptors (Lipinski definition) is 2. The molecule has 0 radical (unpaired) electrons. The van der Waals surface area contributed by atoms with Crippen LogP contribution in [0.15, 0.2) is 48.8 Å². The number of carbonyl (C=O) groups is 1. The predicted molar refractivity (Wildman–Crippen MR) is 85.0 cm³/mol. The summed E-state index contributed by atoms with van der Waals surface area (Å²) in [7, 11) is 1.71. The molecule has 6 heteroatoms. The van der Waals surface area contributed by atoms with E-state index in [4.69, 9.17) is 11.6 Å². The number of nitrogens with one attached hydrogen (secondary N) is 2. The number of anilines is 2. The van der Waals surface area contributed by atoms with Crippen molar-refractivity contribution in [1.29, 1.82) is 0 Å². The zero-order chi connectivity index (χ0) is 14.8. The highest BCUT2D eigenvalue weighted by atomic mass is 35.5. The van der Waals surface area contributed by atoms with Gasteiger partial charge in [0.25, 0.3) is 0 Å². The lowest BCUT2D eigenvalue weighted by Gasteiger charge is -2.18. The number of hydrogen-bond donors (Lipinski definition) is 2. The third-order valence-electron chi connectivity index (χ3n) is 3.17. The summed E-state index contributed by atoms with van der Waals surface area (Å²) in [6, 6.07) is 12.4. The zero-order valence-corrected chi connectivity index (χ0v) is 12.1. The molecule has 0 atom stereocenters. The van der Waals surface area contributed by atoms with Crippen LogP contribution in [0.1, 0.15) is 0 Å². The third kappa shape index (κ3) is 2.83. The number of aromatic nitrogens is 2. The average Bonchev–Trinajstić information content (AvgIpc) is 2.93. The summed E-state index contributed by atoms with van der Waals surface area (Å²) in [6.45, 7) is 0. The Morgan fingerprint density at radius 2 is 2.14 bits per heavy atom. The van der Waals surface area contributed by atoms with Gasteiger partial charge in [-0.2, -0.15) is 0 Å². The molecule has 3 rings (SSSR count). The van der Waals surface area contributed by atoms with E-state index in [2.05, 4.69) is 15.3 Å². The second kappa shape index (κ2) is 5.46. The normalized spacial score (nSPS) is 10.6. The van der Waals surface area contributed by atoms with Crippen LogP contribution in [0.25, 0.3) is 11.0 Å². The average molecular weight is 301 g/mol. The van der Waals surface area contributed by atoms with Gasteiger partial charge in [-0.1, -0.05) is 17.7 Å². The summed E-state index contributed by atoms with van der Waals surface area (Å²) in [4.78, 5) is 20.9. The van der Waals surface area contributed by atoms with E-state index in [-0.39, 0.29) is 6.03 Å². The maximum Gasteiger partial charge on any atom is 0.326 e. The summed E-state index contributed by atoms with van der Waals surface area (Å²) in [5.74, 6) is 0. The van der Waals surface area contributed by atoms with E-state index in [1.165, 1.54) is 4.90 Å². The molecule has 2 amide bonds. The lowest BCUT2D eigenvalue weighted by molar-refractivity contribution is 0.258. The van der Waals surface area contributed by atoms with E-state index in [9.17, 15) is 4.79 Å². The van der Waals surface area contributed by atoms with Gasteiger partial charge in [-0.25, -0.2) is 9.78 Å². The summed E-state index contributed by atoms with van der Waals surface area (Å²) in [5.41, 5.74) is 3.17. The van der Waals surface area contributed by atoms with Crippen molar-refractivity contribution in [3.05, 3.63) is 53.8 Å². The molecule has 2 aromatic carbocycles. The standard InChI is InChI=1S/C15H13ClN4O/c1-20(12-5-6-13-14(8-12)18-9-17-13)15(21)19-11-4-2-3-10(16)7-11/h2-9H,1H3,(H,17,18)(H,19,21). The Bertz CT molecular complexity index is 799. The molecule has 0 aliphatic carbocycles.